The van der Waals surface area contributed by atoms with Crippen LogP contribution in [0.4, 0.5) is 0 Å². The zero-order valence-corrected chi connectivity index (χ0v) is 12.6. The van der Waals surface area contributed by atoms with Gasteiger partial charge in [0.05, 0.1) is 5.56 Å². The van der Waals surface area contributed by atoms with Crippen LogP contribution in [0.25, 0.3) is 0 Å². The van der Waals surface area contributed by atoms with Crippen LogP contribution in [0.5, 0.6) is 5.75 Å². The first-order valence-corrected chi connectivity index (χ1v) is 7.24. The van der Waals surface area contributed by atoms with E-state index >= 15 is 0 Å². The van der Waals surface area contributed by atoms with E-state index in [0.29, 0.717) is 29.5 Å². The lowest BCUT2D eigenvalue weighted by Gasteiger charge is -2.23. The predicted molar refractivity (Wildman–Crippen MR) is 78.9 cm³/mol. The summed E-state index contributed by atoms with van der Waals surface area (Å²) >= 11 is 5.85. The van der Waals surface area contributed by atoms with Crippen LogP contribution in [-0.4, -0.2) is 37.6 Å². The first-order valence-electron chi connectivity index (χ1n) is 6.86. The minimum absolute atomic E-state index is 0.126. The third-order valence-electron chi connectivity index (χ3n) is 3.27. The van der Waals surface area contributed by atoms with Crippen LogP contribution < -0.4 is 10.1 Å². The average molecular weight is 312 g/mol. The quantitative estimate of drug-likeness (QED) is 0.847. The summed E-state index contributed by atoms with van der Waals surface area (Å²) in [4.78, 5) is 23.4. The second-order valence-corrected chi connectivity index (χ2v) is 5.38. The molecule has 1 aliphatic rings. The Morgan fingerprint density at radius 2 is 2.10 bits per heavy atom. The normalized spacial score (nSPS) is 15.5. The van der Waals surface area contributed by atoms with Gasteiger partial charge in [-0.25, -0.2) is 0 Å². The number of benzene rings is 1. The Balaban J connectivity index is 1.90. The van der Waals surface area contributed by atoms with E-state index in [-0.39, 0.29) is 24.3 Å². The van der Waals surface area contributed by atoms with Gasteiger partial charge >= 0.3 is 0 Å². The molecular formula is C15H18ClNO4. The van der Waals surface area contributed by atoms with E-state index in [1.165, 1.54) is 13.0 Å². The number of ketones is 1. The highest BCUT2D eigenvalue weighted by molar-refractivity contribution is 6.31. The van der Waals surface area contributed by atoms with Crippen molar-refractivity contribution in [2.75, 3.05) is 19.8 Å². The Bertz CT molecular complexity index is 526. The first-order chi connectivity index (χ1) is 10.1. The fourth-order valence-electron chi connectivity index (χ4n) is 2.16. The van der Waals surface area contributed by atoms with Crippen LogP contribution in [-0.2, 0) is 9.53 Å². The van der Waals surface area contributed by atoms with Crippen LogP contribution in [0.3, 0.4) is 0 Å². The second-order valence-electron chi connectivity index (χ2n) is 4.94. The van der Waals surface area contributed by atoms with Crippen molar-refractivity contribution in [3.8, 4) is 5.75 Å². The van der Waals surface area contributed by atoms with Gasteiger partial charge in [-0.1, -0.05) is 11.6 Å². The number of ether oxygens (including phenoxy) is 2. The van der Waals surface area contributed by atoms with Crippen LogP contribution in [0.2, 0.25) is 5.02 Å². The molecule has 0 aliphatic carbocycles. The van der Waals surface area contributed by atoms with Gasteiger partial charge in [0.25, 0.3) is 5.91 Å². The van der Waals surface area contributed by atoms with Crippen LogP contribution in [0.15, 0.2) is 18.2 Å². The summed E-state index contributed by atoms with van der Waals surface area (Å²) in [6.45, 7) is 2.63. The number of carbonyl (C=O) groups is 2. The lowest BCUT2D eigenvalue weighted by Crippen LogP contribution is -2.41. The van der Waals surface area contributed by atoms with Gasteiger partial charge in [0.15, 0.2) is 12.4 Å². The minimum atomic E-state index is -0.202. The topological polar surface area (TPSA) is 64.6 Å². The molecule has 0 radical (unpaired) electrons. The molecule has 0 aromatic heterocycles. The van der Waals surface area contributed by atoms with Crippen molar-refractivity contribution >= 4 is 23.3 Å². The first kappa shape index (κ1) is 15.8. The molecule has 0 atom stereocenters. The van der Waals surface area contributed by atoms with Gasteiger partial charge in [-0.15, -0.1) is 0 Å². The van der Waals surface area contributed by atoms with Gasteiger partial charge in [-0.3, -0.25) is 9.59 Å². The summed E-state index contributed by atoms with van der Waals surface area (Å²) in [5.74, 6) is 0.0118. The summed E-state index contributed by atoms with van der Waals surface area (Å²) in [5.41, 5.74) is 0.376. The predicted octanol–water partition coefficient (Wildman–Crippen LogP) is 2.22. The molecule has 1 aromatic rings. The van der Waals surface area contributed by atoms with Crippen molar-refractivity contribution in [1.82, 2.24) is 5.32 Å². The maximum absolute atomic E-state index is 11.8. The highest BCUT2D eigenvalue weighted by Crippen LogP contribution is 2.23. The van der Waals surface area contributed by atoms with Gasteiger partial charge in [-0.2, -0.15) is 0 Å². The average Bonchev–Trinajstić information content (AvgIpc) is 2.47. The molecule has 1 aliphatic heterocycles. The molecule has 1 aromatic carbocycles. The Hall–Kier alpha value is -1.59. The standard InChI is InChI=1S/C15H18ClNO4/c1-10(18)13-8-11(16)2-3-14(13)21-9-15(19)17-12-4-6-20-7-5-12/h2-3,8,12H,4-7,9H2,1H3,(H,17,19). The number of hydrogen-bond donors (Lipinski definition) is 1. The van der Waals surface area contributed by atoms with Crippen molar-refractivity contribution in [3.63, 3.8) is 0 Å². The van der Waals surface area contributed by atoms with Crippen LogP contribution >= 0.6 is 11.6 Å². The summed E-state index contributed by atoms with van der Waals surface area (Å²) < 4.78 is 10.7. The molecule has 0 bridgehead atoms. The minimum Gasteiger partial charge on any atom is -0.483 e. The molecule has 0 saturated carbocycles. The number of nitrogens with one attached hydrogen (secondary N) is 1. The summed E-state index contributed by atoms with van der Waals surface area (Å²) in [6, 6.07) is 4.89. The second kappa shape index (κ2) is 7.43. The number of carbonyl (C=O) groups excluding carboxylic acids is 2. The Morgan fingerprint density at radius 3 is 2.76 bits per heavy atom. The molecule has 6 heteroatoms. The molecule has 0 spiro atoms. The molecule has 1 fully saturated rings. The van der Waals surface area contributed by atoms with Crippen molar-refractivity contribution in [3.05, 3.63) is 28.8 Å². The van der Waals surface area contributed by atoms with Crippen molar-refractivity contribution in [2.45, 2.75) is 25.8 Å². The number of hydrogen-bond acceptors (Lipinski definition) is 4. The maximum atomic E-state index is 11.8. The maximum Gasteiger partial charge on any atom is 0.258 e. The Labute approximate surface area is 128 Å². The zero-order chi connectivity index (χ0) is 15.2. The Kier molecular flexibility index (Phi) is 5.59. The number of amides is 1. The number of Topliss-reactive ketones (excluding diaryl/α,β-unsaturated/α-hetero) is 1. The monoisotopic (exact) mass is 311 g/mol. The summed E-state index contributed by atoms with van der Waals surface area (Å²) in [5, 5.41) is 3.35. The van der Waals surface area contributed by atoms with E-state index in [9.17, 15) is 9.59 Å². The molecular weight excluding hydrogens is 294 g/mol. The molecule has 0 unspecified atom stereocenters. The van der Waals surface area contributed by atoms with Gasteiger partial charge < -0.3 is 14.8 Å². The molecule has 2 rings (SSSR count). The molecule has 1 heterocycles. The van der Waals surface area contributed by atoms with Gasteiger partial charge in [-0.05, 0) is 38.0 Å². The number of halogens is 1. The van der Waals surface area contributed by atoms with E-state index in [1.54, 1.807) is 12.1 Å². The number of rotatable bonds is 5. The molecule has 114 valence electrons. The van der Waals surface area contributed by atoms with E-state index in [1.807, 2.05) is 0 Å². The Morgan fingerprint density at radius 1 is 1.38 bits per heavy atom. The van der Waals surface area contributed by atoms with E-state index in [4.69, 9.17) is 21.1 Å². The van der Waals surface area contributed by atoms with Crippen molar-refractivity contribution in [2.24, 2.45) is 0 Å². The zero-order valence-electron chi connectivity index (χ0n) is 11.9. The van der Waals surface area contributed by atoms with Gasteiger partial charge in [0.1, 0.15) is 5.75 Å². The summed E-state index contributed by atoms with van der Waals surface area (Å²) in [6.07, 6.45) is 1.62. The van der Waals surface area contributed by atoms with Crippen LogP contribution in [0.1, 0.15) is 30.1 Å². The van der Waals surface area contributed by atoms with E-state index in [0.717, 1.165) is 12.8 Å². The highest BCUT2D eigenvalue weighted by atomic mass is 35.5. The lowest BCUT2D eigenvalue weighted by molar-refractivity contribution is -0.124. The van der Waals surface area contributed by atoms with E-state index in [2.05, 4.69) is 5.32 Å². The third-order valence-corrected chi connectivity index (χ3v) is 3.50. The molecule has 1 saturated heterocycles. The molecule has 1 N–H and O–H groups in total. The fourth-order valence-corrected chi connectivity index (χ4v) is 2.33. The highest BCUT2D eigenvalue weighted by Gasteiger charge is 2.17. The smallest absolute Gasteiger partial charge is 0.258 e. The summed E-state index contributed by atoms with van der Waals surface area (Å²) in [7, 11) is 0. The fraction of sp³-hybridized carbons (Fsp3) is 0.467. The van der Waals surface area contributed by atoms with Crippen molar-refractivity contribution < 1.29 is 19.1 Å². The van der Waals surface area contributed by atoms with Crippen molar-refractivity contribution in [1.29, 1.82) is 0 Å². The van der Waals surface area contributed by atoms with Gasteiger partial charge in [0.2, 0.25) is 0 Å². The molecule has 1 amide bonds. The van der Waals surface area contributed by atoms with E-state index < -0.39 is 0 Å². The lowest BCUT2D eigenvalue weighted by atomic mass is 10.1. The molecule has 21 heavy (non-hydrogen) atoms. The largest absolute Gasteiger partial charge is 0.483 e. The van der Waals surface area contributed by atoms with Gasteiger partial charge in [0, 0.05) is 24.3 Å². The van der Waals surface area contributed by atoms with Crippen LogP contribution in [0, 0.1) is 0 Å². The third kappa shape index (κ3) is 4.72. The molecule has 5 nitrogen and oxygen atoms in total. The SMILES string of the molecule is CC(=O)c1cc(Cl)ccc1OCC(=O)NC1CCOCC1.